The molecule has 0 aromatic carbocycles. The van der Waals surface area contributed by atoms with E-state index in [1.165, 1.54) is 135 Å². The van der Waals surface area contributed by atoms with E-state index in [-0.39, 0.29) is 25.2 Å². The molecule has 1 N–H and O–H groups in total. The molecule has 0 amide bonds. The molecule has 0 rings (SSSR count). The molecule has 0 aliphatic carbocycles. The quantitative estimate of drug-likeness (QED) is 0.0569. The summed E-state index contributed by atoms with van der Waals surface area (Å²) >= 11 is 0. The third-order valence-electron chi connectivity index (χ3n) is 9.06. The second-order valence-electron chi connectivity index (χ2n) is 14.1. The van der Waals surface area contributed by atoms with Crippen LogP contribution in [-0.4, -0.2) is 36.4 Å². The predicted molar refractivity (Wildman–Crippen MR) is 187 cm³/mol. The third kappa shape index (κ3) is 33.8. The molecule has 0 aromatic heterocycles. The predicted octanol–water partition coefficient (Wildman–Crippen LogP) is 11.7. The van der Waals surface area contributed by atoms with Crippen LogP contribution in [0.4, 0.5) is 0 Å². The van der Waals surface area contributed by atoms with Crippen molar-refractivity contribution in [3.05, 3.63) is 0 Å². The van der Waals surface area contributed by atoms with Crippen LogP contribution in [0.3, 0.4) is 0 Å². The van der Waals surface area contributed by atoms with Gasteiger partial charge in [0.25, 0.3) is 0 Å². The highest BCUT2D eigenvalue weighted by atomic mass is 16.6. The summed E-state index contributed by atoms with van der Waals surface area (Å²) in [7, 11) is 0. The molecular formula is C39H76O5. The van der Waals surface area contributed by atoms with Gasteiger partial charge in [-0.2, -0.15) is 0 Å². The number of unbranched alkanes of at least 4 members (excludes halogenated alkanes) is 21. The van der Waals surface area contributed by atoms with E-state index in [0.29, 0.717) is 12.8 Å². The van der Waals surface area contributed by atoms with Crippen molar-refractivity contribution in [1.29, 1.82) is 0 Å². The van der Waals surface area contributed by atoms with Crippen LogP contribution < -0.4 is 0 Å². The zero-order valence-electron chi connectivity index (χ0n) is 30.0. The second-order valence-corrected chi connectivity index (χ2v) is 14.1. The van der Waals surface area contributed by atoms with Crippen LogP contribution in [0.2, 0.25) is 0 Å². The Hall–Kier alpha value is -1.10. The lowest BCUT2D eigenvalue weighted by molar-refractivity contribution is -0.152. The van der Waals surface area contributed by atoms with Crippen LogP contribution in [-0.2, 0) is 19.1 Å². The minimum atomic E-state index is -0.956. The molecule has 262 valence electrons. The normalized spacial score (nSPS) is 12.9. The molecule has 44 heavy (non-hydrogen) atoms. The maximum Gasteiger partial charge on any atom is 0.305 e. The summed E-state index contributed by atoms with van der Waals surface area (Å²) < 4.78 is 10.3. The number of esters is 2. The van der Waals surface area contributed by atoms with Crippen LogP contribution >= 0.6 is 0 Å². The molecule has 1 unspecified atom stereocenters. The number of ether oxygens (including phenoxy) is 2. The van der Waals surface area contributed by atoms with Crippen molar-refractivity contribution in [1.82, 2.24) is 0 Å². The largest absolute Gasteiger partial charge is 0.463 e. The summed E-state index contributed by atoms with van der Waals surface area (Å²) in [4.78, 5) is 23.9. The van der Waals surface area contributed by atoms with Crippen molar-refractivity contribution in [3.8, 4) is 0 Å². The van der Waals surface area contributed by atoms with Gasteiger partial charge in [0.05, 0.1) is 0 Å². The molecule has 0 aromatic rings. The van der Waals surface area contributed by atoms with E-state index in [1.807, 2.05) is 0 Å². The lowest BCUT2D eigenvalue weighted by atomic mass is 9.99. The molecule has 0 aliphatic heterocycles. The lowest BCUT2D eigenvalue weighted by Crippen LogP contribution is -2.25. The van der Waals surface area contributed by atoms with Crippen molar-refractivity contribution in [2.45, 2.75) is 214 Å². The Morgan fingerprint density at radius 2 is 0.773 bits per heavy atom. The van der Waals surface area contributed by atoms with E-state index in [2.05, 4.69) is 27.7 Å². The SMILES string of the molecule is CCC(C)CCCCCCCCCCCCCCCCC(=O)OC[C@H](O)COC(=O)CCCCCCCCCCCC(C)C. The Bertz CT molecular complexity index is 620. The topological polar surface area (TPSA) is 72.8 Å². The van der Waals surface area contributed by atoms with E-state index in [1.54, 1.807) is 0 Å². The van der Waals surface area contributed by atoms with Gasteiger partial charge in [-0.1, -0.05) is 182 Å². The zero-order chi connectivity index (χ0) is 32.5. The van der Waals surface area contributed by atoms with Crippen molar-refractivity contribution < 1.29 is 24.2 Å². The summed E-state index contributed by atoms with van der Waals surface area (Å²) in [5, 5.41) is 9.99. The minimum absolute atomic E-state index is 0.109. The van der Waals surface area contributed by atoms with Gasteiger partial charge in [-0.3, -0.25) is 9.59 Å². The average Bonchev–Trinajstić information content (AvgIpc) is 3.00. The smallest absolute Gasteiger partial charge is 0.305 e. The molecule has 5 nitrogen and oxygen atoms in total. The Kier molecular flexibility index (Phi) is 32.4. The van der Waals surface area contributed by atoms with Crippen LogP contribution in [0.25, 0.3) is 0 Å². The van der Waals surface area contributed by atoms with Gasteiger partial charge in [-0.15, -0.1) is 0 Å². The van der Waals surface area contributed by atoms with Gasteiger partial charge in [0.2, 0.25) is 0 Å². The molecule has 0 saturated carbocycles. The maximum absolute atomic E-state index is 12.0. The summed E-state index contributed by atoms with van der Waals surface area (Å²) in [5.74, 6) is 1.17. The first-order valence-electron chi connectivity index (χ1n) is 19.3. The van der Waals surface area contributed by atoms with Gasteiger partial charge in [0, 0.05) is 12.8 Å². The highest BCUT2D eigenvalue weighted by Crippen LogP contribution is 2.17. The molecule has 0 aliphatic rings. The molecule has 2 atom stereocenters. The highest BCUT2D eigenvalue weighted by molar-refractivity contribution is 5.69. The van der Waals surface area contributed by atoms with E-state index in [4.69, 9.17) is 9.47 Å². The molecule has 0 spiro atoms. The molecular weight excluding hydrogens is 548 g/mol. The zero-order valence-corrected chi connectivity index (χ0v) is 30.0. The van der Waals surface area contributed by atoms with Crippen LogP contribution in [0, 0.1) is 11.8 Å². The van der Waals surface area contributed by atoms with Gasteiger partial charge in [0.1, 0.15) is 19.3 Å². The Labute approximate surface area is 274 Å². The number of hydrogen-bond acceptors (Lipinski definition) is 5. The monoisotopic (exact) mass is 625 g/mol. The molecule has 0 heterocycles. The Morgan fingerprint density at radius 3 is 1.09 bits per heavy atom. The lowest BCUT2D eigenvalue weighted by Gasteiger charge is -2.12. The molecule has 5 heteroatoms. The summed E-state index contributed by atoms with van der Waals surface area (Å²) in [6, 6.07) is 0. The highest BCUT2D eigenvalue weighted by Gasteiger charge is 2.12. The number of carbonyl (C=O) groups is 2. The first-order valence-corrected chi connectivity index (χ1v) is 19.3. The van der Waals surface area contributed by atoms with Crippen molar-refractivity contribution in [2.24, 2.45) is 11.8 Å². The number of aliphatic hydroxyl groups excluding tert-OH is 1. The fourth-order valence-corrected chi connectivity index (χ4v) is 5.72. The maximum atomic E-state index is 12.0. The fourth-order valence-electron chi connectivity index (χ4n) is 5.72. The van der Waals surface area contributed by atoms with Crippen molar-refractivity contribution >= 4 is 11.9 Å². The van der Waals surface area contributed by atoms with E-state index in [0.717, 1.165) is 43.9 Å². The standard InChI is InChI=1S/C39H76O5/c1-5-36(4)30-26-22-18-14-10-8-6-7-9-11-15-19-23-27-31-38(41)43-33-37(40)34-44-39(42)32-28-24-20-16-12-13-17-21-25-29-35(2)3/h35-37,40H,5-34H2,1-4H3/t36?,37-/m0/s1. The van der Waals surface area contributed by atoms with Crippen molar-refractivity contribution in [3.63, 3.8) is 0 Å². The number of hydrogen-bond donors (Lipinski definition) is 1. The molecule has 0 fully saturated rings. The van der Waals surface area contributed by atoms with Crippen LogP contribution in [0.1, 0.15) is 207 Å². The van der Waals surface area contributed by atoms with Gasteiger partial charge in [-0.05, 0) is 24.7 Å². The fraction of sp³-hybridized carbons (Fsp3) is 0.949. The summed E-state index contributed by atoms with van der Waals surface area (Å²) in [6.45, 7) is 9.03. The first-order chi connectivity index (χ1) is 21.3. The van der Waals surface area contributed by atoms with Crippen LogP contribution in [0.5, 0.6) is 0 Å². The third-order valence-corrected chi connectivity index (χ3v) is 9.06. The first kappa shape index (κ1) is 42.9. The number of aliphatic hydroxyl groups is 1. The average molecular weight is 625 g/mol. The van der Waals surface area contributed by atoms with E-state index in [9.17, 15) is 14.7 Å². The second kappa shape index (κ2) is 33.3. The summed E-state index contributed by atoms with van der Waals surface area (Å²) in [5.41, 5.74) is 0. The summed E-state index contributed by atoms with van der Waals surface area (Å²) in [6.07, 6.45) is 32.9. The van der Waals surface area contributed by atoms with Gasteiger partial charge >= 0.3 is 11.9 Å². The van der Waals surface area contributed by atoms with E-state index >= 15 is 0 Å². The Balaban J connectivity index is 3.39. The molecule has 0 radical (unpaired) electrons. The van der Waals surface area contributed by atoms with Crippen LogP contribution in [0.15, 0.2) is 0 Å². The Morgan fingerprint density at radius 1 is 0.477 bits per heavy atom. The number of carbonyl (C=O) groups excluding carboxylic acids is 2. The minimum Gasteiger partial charge on any atom is -0.463 e. The van der Waals surface area contributed by atoms with Gasteiger partial charge in [-0.25, -0.2) is 0 Å². The van der Waals surface area contributed by atoms with Gasteiger partial charge < -0.3 is 14.6 Å². The van der Waals surface area contributed by atoms with E-state index < -0.39 is 6.10 Å². The number of rotatable bonds is 34. The van der Waals surface area contributed by atoms with Crippen molar-refractivity contribution in [2.75, 3.05) is 13.2 Å². The molecule has 0 bridgehead atoms. The van der Waals surface area contributed by atoms with Gasteiger partial charge in [0.15, 0.2) is 0 Å². The molecule has 0 saturated heterocycles.